The number of nitrogens with one attached hydrogen (secondary N) is 1. The number of nitrogens with zero attached hydrogens (tertiary/aromatic N) is 1. The highest BCUT2D eigenvalue weighted by molar-refractivity contribution is 7.92. The van der Waals surface area contributed by atoms with Crippen LogP contribution in [0.5, 0.6) is 11.5 Å². The van der Waals surface area contributed by atoms with Gasteiger partial charge in [-0.3, -0.25) is 9.10 Å². The van der Waals surface area contributed by atoms with Crippen LogP contribution < -0.4 is 19.1 Å². The summed E-state index contributed by atoms with van der Waals surface area (Å²) in [4.78, 5) is 12.8. The Hall–Kier alpha value is -3.23. The highest BCUT2D eigenvalue weighted by Crippen LogP contribution is 2.27. The molecule has 0 aliphatic carbocycles. The van der Waals surface area contributed by atoms with Crippen molar-refractivity contribution in [1.82, 2.24) is 5.32 Å². The molecular weight excluding hydrogens is 500 g/mol. The maximum atomic E-state index is 13.5. The second kappa shape index (κ2) is 12.6. The van der Waals surface area contributed by atoms with Crippen LogP contribution in [-0.4, -0.2) is 40.6 Å². The van der Waals surface area contributed by atoms with Crippen molar-refractivity contribution in [3.8, 4) is 11.5 Å². The molecule has 3 aromatic rings. The van der Waals surface area contributed by atoms with Crippen LogP contribution in [0.2, 0.25) is 5.02 Å². The van der Waals surface area contributed by atoms with Crippen molar-refractivity contribution in [2.24, 2.45) is 0 Å². The number of halogens is 1. The average Bonchev–Trinajstić information content (AvgIpc) is 2.85. The van der Waals surface area contributed by atoms with Gasteiger partial charge in [0.2, 0.25) is 5.91 Å². The minimum absolute atomic E-state index is 0.0413. The molecule has 0 saturated carbocycles. The van der Waals surface area contributed by atoms with Gasteiger partial charge in [0.25, 0.3) is 10.0 Å². The molecule has 0 spiro atoms. The summed E-state index contributed by atoms with van der Waals surface area (Å²) < 4.78 is 38.8. The van der Waals surface area contributed by atoms with Crippen LogP contribution in [0.1, 0.15) is 25.8 Å². The van der Waals surface area contributed by atoms with Crippen LogP contribution in [0.15, 0.2) is 77.7 Å². The molecular formula is C27H31ClN2O5S. The molecule has 0 unspecified atom stereocenters. The molecule has 3 aromatic carbocycles. The molecule has 0 fully saturated rings. The van der Waals surface area contributed by atoms with Gasteiger partial charge in [-0.25, -0.2) is 8.42 Å². The lowest BCUT2D eigenvalue weighted by Crippen LogP contribution is -2.41. The molecule has 0 atom stereocenters. The van der Waals surface area contributed by atoms with Gasteiger partial charge < -0.3 is 14.8 Å². The first-order chi connectivity index (χ1) is 17.2. The fourth-order valence-corrected chi connectivity index (χ4v) is 5.17. The van der Waals surface area contributed by atoms with E-state index in [9.17, 15) is 13.2 Å². The van der Waals surface area contributed by atoms with Gasteiger partial charge in [-0.05, 0) is 86.8 Å². The van der Waals surface area contributed by atoms with Gasteiger partial charge >= 0.3 is 0 Å². The third kappa shape index (κ3) is 7.63. The minimum atomic E-state index is -4.03. The number of carbonyl (C=O) groups is 1. The number of amides is 1. The van der Waals surface area contributed by atoms with E-state index in [0.717, 1.165) is 22.0 Å². The lowest BCUT2D eigenvalue weighted by atomic mass is 10.1. The Labute approximate surface area is 218 Å². The first-order valence-electron chi connectivity index (χ1n) is 11.6. The van der Waals surface area contributed by atoms with Gasteiger partial charge in [0.1, 0.15) is 18.0 Å². The summed E-state index contributed by atoms with van der Waals surface area (Å²) in [5, 5.41) is 3.19. The average molecular weight is 531 g/mol. The molecule has 0 radical (unpaired) electrons. The number of hydrogen-bond donors (Lipinski definition) is 1. The number of anilines is 1. The Morgan fingerprint density at radius 1 is 1.00 bits per heavy atom. The first-order valence-corrected chi connectivity index (χ1v) is 13.5. The summed E-state index contributed by atoms with van der Waals surface area (Å²) in [6.45, 7) is 3.97. The molecule has 0 aliphatic rings. The normalized spacial score (nSPS) is 11.2. The third-order valence-electron chi connectivity index (χ3n) is 5.27. The predicted molar refractivity (Wildman–Crippen MR) is 143 cm³/mol. The SMILES string of the molecule is COc1ccc(S(=O)(=O)N(CC(=O)NCCCc2cccc(OC(C)C)c2)c2cccc(Cl)c2)cc1. The Kier molecular flexibility index (Phi) is 9.61. The summed E-state index contributed by atoms with van der Waals surface area (Å²) in [6.07, 6.45) is 1.54. The van der Waals surface area contributed by atoms with E-state index in [1.165, 1.54) is 25.3 Å². The molecule has 9 heteroatoms. The topological polar surface area (TPSA) is 84.9 Å². The Bertz CT molecular complexity index is 1260. The second-order valence-electron chi connectivity index (χ2n) is 8.43. The van der Waals surface area contributed by atoms with E-state index in [-0.39, 0.29) is 17.5 Å². The van der Waals surface area contributed by atoms with Crippen molar-refractivity contribution < 1.29 is 22.7 Å². The fraction of sp³-hybridized carbons (Fsp3) is 0.296. The van der Waals surface area contributed by atoms with Crippen molar-refractivity contribution in [3.05, 3.63) is 83.4 Å². The zero-order valence-corrected chi connectivity index (χ0v) is 22.2. The van der Waals surface area contributed by atoms with Gasteiger partial charge in [-0.2, -0.15) is 0 Å². The monoisotopic (exact) mass is 530 g/mol. The Morgan fingerprint density at radius 3 is 2.39 bits per heavy atom. The number of hydrogen-bond acceptors (Lipinski definition) is 5. The minimum Gasteiger partial charge on any atom is -0.497 e. The molecule has 0 heterocycles. The molecule has 36 heavy (non-hydrogen) atoms. The maximum absolute atomic E-state index is 13.5. The summed E-state index contributed by atoms with van der Waals surface area (Å²) in [6, 6.07) is 20.3. The predicted octanol–water partition coefficient (Wildman–Crippen LogP) is 5.08. The number of aryl methyl sites for hydroxylation is 1. The zero-order chi connectivity index (χ0) is 26.1. The third-order valence-corrected chi connectivity index (χ3v) is 7.29. The van der Waals surface area contributed by atoms with Gasteiger partial charge in [0, 0.05) is 11.6 Å². The smallest absolute Gasteiger partial charge is 0.264 e. The number of carbonyl (C=O) groups excluding carboxylic acids is 1. The lowest BCUT2D eigenvalue weighted by Gasteiger charge is -2.24. The van der Waals surface area contributed by atoms with Gasteiger partial charge in [-0.15, -0.1) is 0 Å². The van der Waals surface area contributed by atoms with Crippen LogP contribution in [0, 0.1) is 0 Å². The molecule has 0 aliphatic heterocycles. The van der Waals surface area contributed by atoms with Crippen molar-refractivity contribution >= 4 is 33.2 Å². The van der Waals surface area contributed by atoms with Gasteiger partial charge in [0.05, 0.1) is 23.8 Å². The summed E-state index contributed by atoms with van der Waals surface area (Å²) in [5.74, 6) is 0.929. The van der Waals surface area contributed by atoms with E-state index in [4.69, 9.17) is 21.1 Å². The van der Waals surface area contributed by atoms with Crippen molar-refractivity contribution in [3.63, 3.8) is 0 Å². The number of ether oxygens (including phenoxy) is 2. The highest BCUT2D eigenvalue weighted by Gasteiger charge is 2.27. The standard InChI is InChI=1S/C27H31ClN2O5S/c1-20(2)35-25-11-4-7-21(17-25)8-6-16-29-27(31)19-30(23-10-5-9-22(28)18-23)36(32,33)26-14-12-24(34-3)13-15-26/h4-5,7,9-15,17-18,20H,6,8,16,19H2,1-3H3,(H,29,31). The van der Waals surface area contributed by atoms with Gasteiger partial charge in [0.15, 0.2) is 0 Å². The molecule has 192 valence electrons. The summed E-state index contributed by atoms with van der Waals surface area (Å²) in [5.41, 5.74) is 1.40. The number of benzene rings is 3. The highest BCUT2D eigenvalue weighted by atomic mass is 35.5. The molecule has 3 rings (SSSR count). The van der Waals surface area contributed by atoms with Crippen LogP contribution in [-0.2, 0) is 21.2 Å². The van der Waals surface area contributed by atoms with E-state index in [0.29, 0.717) is 29.4 Å². The van der Waals surface area contributed by atoms with Crippen LogP contribution >= 0.6 is 11.6 Å². The van der Waals surface area contributed by atoms with E-state index in [1.54, 1.807) is 30.3 Å². The molecule has 1 amide bonds. The lowest BCUT2D eigenvalue weighted by molar-refractivity contribution is -0.119. The first kappa shape index (κ1) is 27.4. The second-order valence-corrected chi connectivity index (χ2v) is 10.7. The van der Waals surface area contributed by atoms with Gasteiger partial charge in [-0.1, -0.05) is 29.8 Å². The Balaban J connectivity index is 1.67. The van der Waals surface area contributed by atoms with Crippen LogP contribution in [0.25, 0.3) is 0 Å². The molecule has 0 bridgehead atoms. The molecule has 7 nitrogen and oxygen atoms in total. The van der Waals surface area contributed by atoms with E-state index < -0.39 is 15.9 Å². The largest absolute Gasteiger partial charge is 0.497 e. The fourth-order valence-electron chi connectivity index (χ4n) is 3.57. The van der Waals surface area contributed by atoms with E-state index in [2.05, 4.69) is 5.32 Å². The zero-order valence-electron chi connectivity index (χ0n) is 20.6. The number of sulfonamides is 1. The summed E-state index contributed by atoms with van der Waals surface area (Å²) >= 11 is 6.11. The maximum Gasteiger partial charge on any atom is 0.264 e. The Morgan fingerprint density at radius 2 is 1.72 bits per heavy atom. The number of methoxy groups -OCH3 is 1. The molecule has 0 saturated heterocycles. The van der Waals surface area contributed by atoms with E-state index >= 15 is 0 Å². The van der Waals surface area contributed by atoms with Crippen molar-refractivity contribution in [2.45, 2.75) is 37.7 Å². The van der Waals surface area contributed by atoms with Crippen molar-refractivity contribution in [1.29, 1.82) is 0 Å². The van der Waals surface area contributed by atoms with E-state index in [1.807, 2.05) is 38.1 Å². The molecule has 1 N–H and O–H groups in total. The van der Waals surface area contributed by atoms with Crippen LogP contribution in [0.3, 0.4) is 0 Å². The molecule has 0 aromatic heterocycles. The number of rotatable bonds is 12. The quantitative estimate of drug-likeness (QED) is 0.330. The van der Waals surface area contributed by atoms with Crippen molar-refractivity contribution in [2.75, 3.05) is 24.5 Å². The summed E-state index contributed by atoms with van der Waals surface area (Å²) in [7, 11) is -2.53. The van der Waals surface area contributed by atoms with Crippen LogP contribution in [0.4, 0.5) is 5.69 Å².